The second-order valence-corrected chi connectivity index (χ2v) is 7.32. The van der Waals surface area contributed by atoms with Crippen LogP contribution in [0.2, 0.25) is 0 Å². The SMILES string of the molecule is O=S(=O)(Cc1ccc(C(C(F)(F)F)C(F)(F)F)cc1)c1ccccc1. The molecule has 0 saturated carbocycles. The highest BCUT2D eigenvalue weighted by Gasteiger charge is 2.57. The molecule has 25 heavy (non-hydrogen) atoms. The van der Waals surface area contributed by atoms with Crippen LogP contribution in [0, 0.1) is 0 Å². The van der Waals surface area contributed by atoms with Gasteiger partial charge >= 0.3 is 12.4 Å². The average molecular weight is 382 g/mol. The Morgan fingerprint density at radius 1 is 0.760 bits per heavy atom. The van der Waals surface area contributed by atoms with Crippen molar-refractivity contribution in [3.05, 3.63) is 65.7 Å². The third kappa shape index (κ3) is 4.75. The molecule has 2 nitrogen and oxygen atoms in total. The first-order chi connectivity index (χ1) is 11.4. The normalized spacial score (nSPS) is 13.2. The van der Waals surface area contributed by atoms with Crippen LogP contribution in [0.3, 0.4) is 0 Å². The monoisotopic (exact) mass is 382 g/mol. The summed E-state index contributed by atoms with van der Waals surface area (Å²) in [5.41, 5.74) is -0.892. The van der Waals surface area contributed by atoms with E-state index >= 15 is 0 Å². The molecule has 0 aliphatic heterocycles. The maximum absolute atomic E-state index is 12.7. The average Bonchev–Trinajstić information content (AvgIpc) is 2.47. The number of hydrogen-bond acceptors (Lipinski definition) is 2. The van der Waals surface area contributed by atoms with Crippen LogP contribution in [0.5, 0.6) is 0 Å². The smallest absolute Gasteiger partial charge is 0.223 e. The van der Waals surface area contributed by atoms with E-state index in [1.54, 1.807) is 6.07 Å². The van der Waals surface area contributed by atoms with E-state index in [2.05, 4.69) is 0 Å². The van der Waals surface area contributed by atoms with E-state index in [4.69, 9.17) is 0 Å². The summed E-state index contributed by atoms with van der Waals surface area (Å²) in [7, 11) is -3.75. The lowest BCUT2D eigenvalue weighted by Crippen LogP contribution is -2.34. The summed E-state index contributed by atoms with van der Waals surface area (Å²) in [6.07, 6.45) is -11.0. The molecule has 0 N–H and O–H groups in total. The van der Waals surface area contributed by atoms with E-state index in [1.165, 1.54) is 24.3 Å². The molecule has 2 aromatic carbocycles. The van der Waals surface area contributed by atoms with Gasteiger partial charge in [-0.05, 0) is 23.3 Å². The number of hydrogen-bond donors (Lipinski definition) is 0. The first kappa shape index (κ1) is 19.3. The Morgan fingerprint density at radius 3 is 1.68 bits per heavy atom. The largest absolute Gasteiger partial charge is 0.404 e. The molecule has 136 valence electrons. The van der Waals surface area contributed by atoms with E-state index in [0.717, 1.165) is 12.1 Å². The van der Waals surface area contributed by atoms with Crippen LogP contribution in [0.1, 0.15) is 17.0 Å². The minimum atomic E-state index is -5.49. The van der Waals surface area contributed by atoms with Crippen LogP contribution in [0.15, 0.2) is 59.5 Å². The van der Waals surface area contributed by atoms with Crippen molar-refractivity contribution < 1.29 is 34.8 Å². The Labute approximate surface area is 140 Å². The molecule has 0 unspecified atom stereocenters. The van der Waals surface area contributed by atoms with Crippen molar-refractivity contribution in [1.82, 2.24) is 0 Å². The van der Waals surface area contributed by atoms with Crippen molar-refractivity contribution in [3.8, 4) is 0 Å². The zero-order valence-corrected chi connectivity index (χ0v) is 13.3. The molecule has 0 spiro atoms. The zero-order valence-electron chi connectivity index (χ0n) is 12.5. The zero-order chi connectivity index (χ0) is 18.9. The third-order valence-electron chi connectivity index (χ3n) is 3.43. The molecule has 2 rings (SSSR count). The Hall–Kier alpha value is -2.03. The second-order valence-electron chi connectivity index (χ2n) is 5.33. The molecule has 0 amide bonds. The quantitative estimate of drug-likeness (QED) is 0.707. The molecule has 0 aliphatic carbocycles. The summed E-state index contributed by atoms with van der Waals surface area (Å²) in [4.78, 5) is 0.0162. The molecule has 0 atom stereocenters. The highest BCUT2D eigenvalue weighted by Crippen LogP contribution is 2.46. The van der Waals surface area contributed by atoms with Crippen LogP contribution in [-0.4, -0.2) is 20.8 Å². The van der Waals surface area contributed by atoms with Crippen LogP contribution in [0.25, 0.3) is 0 Å². The molecule has 0 bridgehead atoms. The molecule has 0 heterocycles. The van der Waals surface area contributed by atoms with Gasteiger partial charge in [0, 0.05) is 0 Å². The fourth-order valence-electron chi connectivity index (χ4n) is 2.30. The van der Waals surface area contributed by atoms with Crippen molar-refractivity contribution in [2.24, 2.45) is 0 Å². The molecule has 0 aliphatic rings. The summed E-state index contributed by atoms with van der Waals surface area (Å²) >= 11 is 0. The van der Waals surface area contributed by atoms with Crippen molar-refractivity contribution >= 4 is 9.84 Å². The van der Waals surface area contributed by atoms with Crippen LogP contribution in [-0.2, 0) is 15.6 Å². The van der Waals surface area contributed by atoms with Gasteiger partial charge in [0.05, 0.1) is 10.6 Å². The molecule has 0 aromatic heterocycles. The lowest BCUT2D eigenvalue weighted by Gasteiger charge is -2.23. The van der Waals surface area contributed by atoms with Gasteiger partial charge in [0.1, 0.15) is 0 Å². The first-order valence-corrected chi connectivity index (χ1v) is 8.56. The molecule has 9 heteroatoms. The molecule has 0 radical (unpaired) electrons. The number of halogens is 6. The van der Waals surface area contributed by atoms with Crippen molar-refractivity contribution in [2.75, 3.05) is 0 Å². The van der Waals surface area contributed by atoms with Gasteiger partial charge in [-0.25, -0.2) is 8.42 Å². The Bertz CT molecular complexity index is 794. The molecular weight excluding hydrogens is 370 g/mol. The maximum atomic E-state index is 12.7. The molecule has 0 fully saturated rings. The fraction of sp³-hybridized carbons (Fsp3) is 0.250. The van der Waals surface area contributed by atoms with Crippen molar-refractivity contribution in [3.63, 3.8) is 0 Å². The van der Waals surface area contributed by atoms with Crippen LogP contribution >= 0.6 is 0 Å². The Balaban J connectivity index is 2.28. The van der Waals surface area contributed by atoms with E-state index in [0.29, 0.717) is 12.1 Å². The van der Waals surface area contributed by atoms with E-state index in [1.807, 2.05) is 0 Å². The van der Waals surface area contributed by atoms with E-state index < -0.39 is 39.4 Å². The van der Waals surface area contributed by atoms with Gasteiger partial charge in [-0.2, -0.15) is 26.3 Å². The fourth-order valence-corrected chi connectivity index (χ4v) is 3.67. The van der Waals surface area contributed by atoms with Gasteiger partial charge in [-0.15, -0.1) is 0 Å². The van der Waals surface area contributed by atoms with Crippen LogP contribution in [0.4, 0.5) is 26.3 Å². The molecular formula is C16H12F6O2S. The maximum Gasteiger partial charge on any atom is 0.404 e. The van der Waals surface area contributed by atoms with Gasteiger partial charge in [-0.3, -0.25) is 0 Å². The van der Waals surface area contributed by atoms with Gasteiger partial charge < -0.3 is 0 Å². The van der Waals surface area contributed by atoms with Gasteiger partial charge in [0.2, 0.25) is 0 Å². The first-order valence-electron chi connectivity index (χ1n) is 6.91. The minimum Gasteiger partial charge on any atom is -0.223 e. The lowest BCUT2D eigenvalue weighted by atomic mass is 9.97. The predicted octanol–water partition coefficient (Wildman–Crippen LogP) is 4.87. The van der Waals surface area contributed by atoms with Gasteiger partial charge in [0.15, 0.2) is 15.8 Å². The lowest BCUT2D eigenvalue weighted by molar-refractivity contribution is -0.253. The predicted molar refractivity (Wildman–Crippen MR) is 78.6 cm³/mol. The summed E-state index contributed by atoms with van der Waals surface area (Å²) in [5, 5.41) is 0. The van der Waals surface area contributed by atoms with Crippen molar-refractivity contribution in [2.45, 2.75) is 28.9 Å². The minimum absolute atomic E-state index is 0.0162. The van der Waals surface area contributed by atoms with E-state index in [-0.39, 0.29) is 10.5 Å². The Morgan fingerprint density at radius 2 is 1.24 bits per heavy atom. The summed E-state index contributed by atoms with van der Waals surface area (Å²) in [6, 6.07) is 10.6. The summed E-state index contributed by atoms with van der Waals surface area (Å²) < 4.78 is 100. The van der Waals surface area contributed by atoms with Crippen LogP contribution < -0.4 is 0 Å². The second kappa shape index (κ2) is 6.70. The summed E-state index contributed by atoms with van der Waals surface area (Å²) in [6.45, 7) is 0. The number of alkyl halides is 6. The summed E-state index contributed by atoms with van der Waals surface area (Å²) in [5.74, 6) is -4.14. The molecule has 2 aromatic rings. The van der Waals surface area contributed by atoms with Crippen molar-refractivity contribution in [1.29, 1.82) is 0 Å². The van der Waals surface area contributed by atoms with Gasteiger partial charge in [-0.1, -0.05) is 42.5 Å². The topological polar surface area (TPSA) is 34.1 Å². The number of rotatable bonds is 4. The number of sulfone groups is 1. The standard InChI is InChI=1S/C16H12F6O2S/c17-15(18,19)14(16(20,21)22)12-8-6-11(7-9-12)10-25(23,24)13-4-2-1-3-5-13/h1-9,14H,10H2. The highest BCUT2D eigenvalue weighted by atomic mass is 32.2. The van der Waals surface area contributed by atoms with Gasteiger partial charge in [0.25, 0.3) is 0 Å². The number of benzene rings is 2. The third-order valence-corrected chi connectivity index (χ3v) is 5.13. The van der Waals surface area contributed by atoms with E-state index in [9.17, 15) is 34.8 Å². The Kier molecular flexibility index (Phi) is 5.17. The molecule has 0 saturated heterocycles. The highest BCUT2D eigenvalue weighted by molar-refractivity contribution is 7.90.